The summed E-state index contributed by atoms with van der Waals surface area (Å²) in [7, 11) is 0. The standard InChI is InChI=1S/C4H8O.Na.H/c1-4(2)3-5;;/h3-4H,1-2H3;;/q;+1;-1. The molecule has 0 fully saturated rings. The average molecular weight is 96.1 g/mol. The number of rotatable bonds is 1. The van der Waals surface area contributed by atoms with Crippen LogP contribution >= 0.6 is 0 Å². The van der Waals surface area contributed by atoms with Gasteiger partial charge in [-0.3, -0.25) is 0 Å². The van der Waals surface area contributed by atoms with Gasteiger partial charge in [-0.05, 0) is 0 Å². The Morgan fingerprint density at radius 1 is 1.67 bits per heavy atom. The molecule has 0 unspecified atom stereocenters. The van der Waals surface area contributed by atoms with E-state index in [1.54, 1.807) is 0 Å². The molecule has 0 saturated carbocycles. The molecule has 0 atom stereocenters. The Kier molecular flexibility index (Phi) is 9.29. The van der Waals surface area contributed by atoms with Gasteiger partial charge in [0.2, 0.25) is 0 Å². The van der Waals surface area contributed by atoms with Crippen LogP contribution in [-0.4, -0.2) is 6.29 Å². The molecule has 0 heterocycles. The fourth-order valence-electron chi connectivity index (χ4n) is 0. The van der Waals surface area contributed by atoms with Crippen LogP contribution in [0.25, 0.3) is 0 Å². The number of aldehydes is 1. The molecule has 0 aliphatic heterocycles. The van der Waals surface area contributed by atoms with Crippen molar-refractivity contribution in [2.75, 3.05) is 0 Å². The molecular weight excluding hydrogens is 87.0 g/mol. The molecule has 0 bridgehead atoms. The second kappa shape index (κ2) is 5.67. The topological polar surface area (TPSA) is 17.1 Å². The van der Waals surface area contributed by atoms with E-state index in [1.807, 2.05) is 13.8 Å². The molecule has 2 heteroatoms. The van der Waals surface area contributed by atoms with Crippen LogP contribution in [-0.2, 0) is 4.79 Å². The Hall–Kier alpha value is 0.670. The van der Waals surface area contributed by atoms with Gasteiger partial charge in [0, 0.05) is 5.92 Å². The van der Waals surface area contributed by atoms with E-state index < -0.39 is 0 Å². The Balaban J connectivity index is -0.0000000800. The quantitative estimate of drug-likeness (QED) is 0.271. The Morgan fingerprint density at radius 3 is 1.83 bits per heavy atom. The summed E-state index contributed by atoms with van der Waals surface area (Å²) in [6.07, 6.45) is 0.917. The molecule has 0 radical (unpaired) electrons. The Labute approximate surface area is 61.9 Å². The number of hydrogen-bond acceptors (Lipinski definition) is 1. The summed E-state index contributed by atoms with van der Waals surface area (Å²) in [5, 5.41) is 0. The number of carbonyl (C=O) groups excluding carboxylic acids is 1. The van der Waals surface area contributed by atoms with Gasteiger partial charge >= 0.3 is 29.6 Å². The van der Waals surface area contributed by atoms with Crippen molar-refractivity contribution >= 4 is 6.29 Å². The van der Waals surface area contributed by atoms with Crippen molar-refractivity contribution < 1.29 is 35.8 Å². The molecule has 0 spiro atoms. The third kappa shape index (κ3) is 8.82. The van der Waals surface area contributed by atoms with Gasteiger partial charge in [-0.15, -0.1) is 0 Å². The summed E-state index contributed by atoms with van der Waals surface area (Å²) in [4.78, 5) is 9.50. The third-order valence-electron chi connectivity index (χ3n) is 0.272. The first kappa shape index (κ1) is 9.83. The first-order valence-corrected chi connectivity index (χ1v) is 1.72. The maximum absolute atomic E-state index is 9.50. The van der Waals surface area contributed by atoms with Gasteiger partial charge in [-0.25, -0.2) is 0 Å². The number of carbonyl (C=O) groups is 1. The van der Waals surface area contributed by atoms with Gasteiger partial charge < -0.3 is 6.22 Å². The summed E-state index contributed by atoms with van der Waals surface area (Å²) >= 11 is 0. The largest absolute Gasteiger partial charge is 1.00 e. The average Bonchev–Trinajstić information content (AvgIpc) is 1.38. The maximum atomic E-state index is 9.50. The Morgan fingerprint density at radius 2 is 1.83 bits per heavy atom. The van der Waals surface area contributed by atoms with Crippen molar-refractivity contribution in [1.29, 1.82) is 0 Å². The van der Waals surface area contributed by atoms with Crippen molar-refractivity contribution in [3.05, 3.63) is 0 Å². The molecule has 0 aromatic rings. The van der Waals surface area contributed by atoms with Crippen LogP contribution in [0, 0.1) is 5.92 Å². The van der Waals surface area contributed by atoms with Crippen LogP contribution in [0.3, 0.4) is 0 Å². The molecule has 0 saturated heterocycles. The Bertz CT molecular complexity index is 38.7. The van der Waals surface area contributed by atoms with Crippen molar-refractivity contribution in [2.45, 2.75) is 13.8 Å². The zero-order valence-electron chi connectivity index (χ0n) is 5.56. The number of hydrogen-bond donors (Lipinski definition) is 0. The van der Waals surface area contributed by atoms with E-state index in [0.717, 1.165) is 6.29 Å². The zero-order chi connectivity index (χ0) is 4.28. The molecule has 0 aromatic heterocycles. The van der Waals surface area contributed by atoms with E-state index in [-0.39, 0.29) is 36.9 Å². The van der Waals surface area contributed by atoms with E-state index in [4.69, 9.17) is 0 Å². The van der Waals surface area contributed by atoms with E-state index in [2.05, 4.69) is 0 Å². The summed E-state index contributed by atoms with van der Waals surface area (Å²) in [6.45, 7) is 3.71. The predicted octanol–water partition coefficient (Wildman–Crippen LogP) is -2.04. The van der Waals surface area contributed by atoms with Gasteiger partial charge in [0.05, 0.1) is 0 Å². The van der Waals surface area contributed by atoms with Crippen LogP contribution < -0.4 is 29.6 Å². The molecule has 0 amide bonds. The van der Waals surface area contributed by atoms with Crippen molar-refractivity contribution in [1.82, 2.24) is 0 Å². The summed E-state index contributed by atoms with van der Waals surface area (Å²) in [6, 6.07) is 0. The molecule has 6 heavy (non-hydrogen) atoms. The SMILES string of the molecule is CC(C)C=O.[H-].[Na+]. The van der Waals surface area contributed by atoms with E-state index >= 15 is 0 Å². The van der Waals surface area contributed by atoms with E-state index in [9.17, 15) is 4.79 Å². The van der Waals surface area contributed by atoms with E-state index in [1.165, 1.54) is 0 Å². The normalized spacial score (nSPS) is 7.17. The van der Waals surface area contributed by atoms with Crippen LogP contribution in [0.15, 0.2) is 0 Å². The third-order valence-corrected chi connectivity index (χ3v) is 0.272. The first-order chi connectivity index (χ1) is 2.27. The molecule has 0 aromatic carbocycles. The summed E-state index contributed by atoms with van der Waals surface area (Å²) < 4.78 is 0. The fraction of sp³-hybridized carbons (Fsp3) is 0.750. The van der Waals surface area contributed by atoms with Crippen LogP contribution in [0.2, 0.25) is 0 Å². The minimum atomic E-state index is 0. The van der Waals surface area contributed by atoms with Gasteiger partial charge in [-0.1, -0.05) is 13.8 Å². The monoisotopic (exact) mass is 96.1 g/mol. The van der Waals surface area contributed by atoms with Gasteiger partial charge in [0.1, 0.15) is 6.29 Å². The molecular formula is C4H9NaO. The smallest absolute Gasteiger partial charge is 1.00 e. The molecule has 0 aliphatic carbocycles. The van der Waals surface area contributed by atoms with Crippen LogP contribution in [0.4, 0.5) is 0 Å². The predicted molar refractivity (Wildman–Crippen MR) is 22.0 cm³/mol. The second-order valence-electron chi connectivity index (χ2n) is 1.38. The van der Waals surface area contributed by atoms with Gasteiger partial charge in [0.15, 0.2) is 0 Å². The van der Waals surface area contributed by atoms with Crippen LogP contribution in [0.1, 0.15) is 15.3 Å². The van der Waals surface area contributed by atoms with Crippen molar-refractivity contribution in [3.63, 3.8) is 0 Å². The summed E-state index contributed by atoms with van der Waals surface area (Å²) in [5.41, 5.74) is 0. The zero-order valence-corrected chi connectivity index (χ0v) is 6.56. The van der Waals surface area contributed by atoms with Gasteiger partial charge in [-0.2, -0.15) is 0 Å². The maximum Gasteiger partial charge on any atom is 1.00 e. The second-order valence-corrected chi connectivity index (χ2v) is 1.38. The fourth-order valence-corrected chi connectivity index (χ4v) is 0. The van der Waals surface area contributed by atoms with Crippen molar-refractivity contribution in [2.24, 2.45) is 5.92 Å². The van der Waals surface area contributed by atoms with Crippen molar-refractivity contribution in [3.8, 4) is 0 Å². The minimum Gasteiger partial charge on any atom is -1.00 e. The van der Waals surface area contributed by atoms with Crippen LogP contribution in [0.5, 0.6) is 0 Å². The summed E-state index contributed by atoms with van der Waals surface area (Å²) in [5.74, 6) is 0.204. The minimum absolute atomic E-state index is 0. The van der Waals surface area contributed by atoms with Gasteiger partial charge in [0.25, 0.3) is 0 Å². The molecule has 1 nitrogen and oxygen atoms in total. The first-order valence-electron chi connectivity index (χ1n) is 1.72. The molecule has 0 aliphatic rings. The van der Waals surface area contributed by atoms with E-state index in [0.29, 0.717) is 0 Å². The molecule has 0 N–H and O–H groups in total. The molecule has 0 rings (SSSR count). The molecule has 32 valence electrons.